The number of benzene rings is 11. The second kappa shape index (κ2) is 15.0. The molecule has 0 aliphatic carbocycles. The lowest BCUT2D eigenvalue weighted by molar-refractivity contribution is 1.08. The van der Waals surface area contributed by atoms with Crippen molar-refractivity contribution >= 4 is 64.9 Å². The van der Waals surface area contributed by atoms with Crippen molar-refractivity contribution < 1.29 is 0 Å². The van der Waals surface area contributed by atoms with E-state index in [9.17, 15) is 0 Å². The first-order valence-corrected chi connectivity index (χ1v) is 22.1. The van der Waals surface area contributed by atoms with Gasteiger partial charge in [0.05, 0.1) is 16.7 Å². The lowest BCUT2D eigenvalue weighted by atomic mass is 9.90. The van der Waals surface area contributed by atoms with Crippen molar-refractivity contribution in [2.24, 2.45) is 0 Å². The topological polar surface area (TPSA) is 43.6 Å². The third kappa shape index (κ3) is 6.18. The zero-order valence-corrected chi connectivity index (χ0v) is 35.2. The standard InChI is InChI=1S/C61H38N4/c1-4-16-39(17-5-1)47-30-32-50-52(35-47)53(61-63-59(42-20-6-2-7-21-42)62-60(64-61)43-22-8-3-9-23-43)38-51(48-29-28-40-18-10-11-24-44(40)34-48)58(50)65-55-33-31-41-19-14-15-27-49(41)57(55)54-36-45-25-12-13-26-46(45)37-56(54)65/h1-38H. The van der Waals surface area contributed by atoms with Gasteiger partial charge in [-0.3, -0.25) is 0 Å². The van der Waals surface area contributed by atoms with Crippen LogP contribution in [-0.2, 0) is 0 Å². The summed E-state index contributed by atoms with van der Waals surface area (Å²) >= 11 is 0. The van der Waals surface area contributed by atoms with E-state index in [-0.39, 0.29) is 0 Å². The molecule has 4 heteroatoms. The molecule has 0 saturated heterocycles. The van der Waals surface area contributed by atoms with Crippen LogP contribution in [0.4, 0.5) is 0 Å². The van der Waals surface area contributed by atoms with Crippen molar-refractivity contribution in [1.29, 1.82) is 0 Å². The third-order valence-corrected chi connectivity index (χ3v) is 13.0. The molecule has 2 aromatic heterocycles. The van der Waals surface area contributed by atoms with Crippen LogP contribution in [0.1, 0.15) is 0 Å². The number of hydrogen-bond acceptors (Lipinski definition) is 3. The lowest BCUT2D eigenvalue weighted by Gasteiger charge is -2.21. The van der Waals surface area contributed by atoms with Crippen LogP contribution in [0.5, 0.6) is 0 Å². The first kappa shape index (κ1) is 36.9. The molecule has 4 nitrogen and oxygen atoms in total. The van der Waals surface area contributed by atoms with Gasteiger partial charge in [-0.15, -0.1) is 0 Å². The first-order chi connectivity index (χ1) is 32.2. The van der Waals surface area contributed by atoms with Crippen LogP contribution in [0.2, 0.25) is 0 Å². The normalized spacial score (nSPS) is 11.7. The molecule has 0 aliphatic rings. The van der Waals surface area contributed by atoms with Crippen LogP contribution in [0.25, 0.3) is 127 Å². The molecule has 0 fully saturated rings. The highest BCUT2D eigenvalue weighted by Gasteiger charge is 2.25. The second-order valence-corrected chi connectivity index (χ2v) is 16.8. The molecule has 11 aromatic carbocycles. The molecule has 302 valence electrons. The summed E-state index contributed by atoms with van der Waals surface area (Å²) in [6.45, 7) is 0. The van der Waals surface area contributed by atoms with Gasteiger partial charge >= 0.3 is 0 Å². The van der Waals surface area contributed by atoms with Gasteiger partial charge in [0.2, 0.25) is 0 Å². The van der Waals surface area contributed by atoms with Crippen LogP contribution < -0.4 is 0 Å². The Labute approximate surface area is 375 Å². The smallest absolute Gasteiger partial charge is 0.164 e. The van der Waals surface area contributed by atoms with Gasteiger partial charge in [0.25, 0.3) is 0 Å². The van der Waals surface area contributed by atoms with Crippen molar-refractivity contribution in [2.75, 3.05) is 0 Å². The summed E-state index contributed by atoms with van der Waals surface area (Å²) in [5, 5.41) is 11.8. The van der Waals surface area contributed by atoms with Crippen LogP contribution in [0.3, 0.4) is 0 Å². The molecule has 13 rings (SSSR count). The average Bonchev–Trinajstić information content (AvgIpc) is 3.70. The van der Waals surface area contributed by atoms with Gasteiger partial charge in [-0.2, -0.15) is 0 Å². The molecule has 0 unspecified atom stereocenters. The van der Waals surface area contributed by atoms with Gasteiger partial charge in [-0.05, 0) is 90.8 Å². The average molecular weight is 827 g/mol. The largest absolute Gasteiger partial charge is 0.308 e. The van der Waals surface area contributed by atoms with Gasteiger partial charge < -0.3 is 4.57 Å². The number of fused-ring (bicyclic) bond motifs is 8. The number of rotatable bonds is 6. The minimum absolute atomic E-state index is 0.612. The van der Waals surface area contributed by atoms with E-state index >= 15 is 0 Å². The van der Waals surface area contributed by atoms with E-state index in [1.807, 2.05) is 36.4 Å². The van der Waals surface area contributed by atoms with E-state index in [0.717, 1.165) is 66.4 Å². The summed E-state index contributed by atoms with van der Waals surface area (Å²) in [6.07, 6.45) is 0. The predicted octanol–water partition coefficient (Wildman–Crippen LogP) is 15.9. The highest BCUT2D eigenvalue weighted by Crippen LogP contribution is 2.46. The molecule has 0 N–H and O–H groups in total. The summed E-state index contributed by atoms with van der Waals surface area (Å²) in [5.74, 6) is 1.86. The molecule has 2 heterocycles. The zero-order chi connectivity index (χ0) is 42.8. The molecule has 0 saturated carbocycles. The first-order valence-electron chi connectivity index (χ1n) is 22.1. The quantitative estimate of drug-likeness (QED) is 0.168. The number of nitrogens with zero attached hydrogens (tertiary/aromatic N) is 4. The molecule has 0 radical (unpaired) electrons. The maximum Gasteiger partial charge on any atom is 0.164 e. The van der Waals surface area contributed by atoms with E-state index in [1.165, 1.54) is 43.1 Å². The minimum Gasteiger partial charge on any atom is -0.308 e. The minimum atomic E-state index is 0.612. The third-order valence-electron chi connectivity index (χ3n) is 13.0. The van der Waals surface area contributed by atoms with Crippen LogP contribution in [0.15, 0.2) is 231 Å². The molecule has 0 atom stereocenters. The number of hydrogen-bond donors (Lipinski definition) is 0. The molecular weight excluding hydrogens is 789 g/mol. The Balaban J connectivity index is 1.22. The monoisotopic (exact) mass is 826 g/mol. The second-order valence-electron chi connectivity index (χ2n) is 16.8. The van der Waals surface area contributed by atoms with Crippen molar-refractivity contribution in [3.05, 3.63) is 231 Å². The Kier molecular flexibility index (Phi) is 8.50. The maximum atomic E-state index is 5.37. The van der Waals surface area contributed by atoms with Crippen molar-refractivity contribution in [3.63, 3.8) is 0 Å². The van der Waals surface area contributed by atoms with E-state index in [1.54, 1.807) is 0 Å². The fraction of sp³-hybridized carbons (Fsp3) is 0. The Bertz CT molecular complexity index is 3930. The van der Waals surface area contributed by atoms with E-state index < -0.39 is 0 Å². The molecular formula is C61H38N4. The van der Waals surface area contributed by atoms with Gasteiger partial charge in [-0.25, -0.2) is 15.0 Å². The molecule has 0 amide bonds. The van der Waals surface area contributed by atoms with Gasteiger partial charge in [0.1, 0.15) is 0 Å². The van der Waals surface area contributed by atoms with E-state index in [2.05, 4.69) is 199 Å². The SMILES string of the molecule is c1ccc(-c2ccc3c(-n4c5cc6ccccc6cc5c5c6ccccc6ccc54)c(-c4ccc5ccccc5c4)cc(-c4nc(-c5ccccc5)nc(-c5ccccc5)n4)c3c2)cc1. The van der Waals surface area contributed by atoms with Gasteiger partial charge in [0.15, 0.2) is 17.5 Å². The zero-order valence-electron chi connectivity index (χ0n) is 35.2. The van der Waals surface area contributed by atoms with Gasteiger partial charge in [0, 0.05) is 38.4 Å². The van der Waals surface area contributed by atoms with Crippen molar-refractivity contribution in [2.45, 2.75) is 0 Å². The van der Waals surface area contributed by atoms with Crippen molar-refractivity contribution in [3.8, 4) is 62.1 Å². The van der Waals surface area contributed by atoms with Crippen LogP contribution in [-0.4, -0.2) is 19.5 Å². The van der Waals surface area contributed by atoms with Crippen molar-refractivity contribution in [1.82, 2.24) is 19.5 Å². The van der Waals surface area contributed by atoms with Gasteiger partial charge in [-0.1, -0.05) is 194 Å². The Hall–Kier alpha value is -8.73. The number of aromatic nitrogens is 4. The molecule has 0 aliphatic heterocycles. The molecule has 65 heavy (non-hydrogen) atoms. The highest BCUT2D eigenvalue weighted by atomic mass is 15.0. The summed E-state index contributed by atoms with van der Waals surface area (Å²) in [6, 6.07) is 82.7. The summed E-state index contributed by atoms with van der Waals surface area (Å²) in [5.41, 5.74) is 10.6. The van der Waals surface area contributed by atoms with E-state index in [0.29, 0.717) is 17.5 Å². The summed E-state index contributed by atoms with van der Waals surface area (Å²) in [4.78, 5) is 15.8. The lowest BCUT2D eigenvalue weighted by Crippen LogP contribution is -2.04. The maximum absolute atomic E-state index is 5.37. The highest BCUT2D eigenvalue weighted by molar-refractivity contribution is 6.24. The summed E-state index contributed by atoms with van der Waals surface area (Å²) in [7, 11) is 0. The molecule has 0 bridgehead atoms. The van der Waals surface area contributed by atoms with Crippen LogP contribution in [0, 0.1) is 0 Å². The fourth-order valence-corrected chi connectivity index (χ4v) is 9.86. The Morgan fingerprint density at radius 1 is 0.262 bits per heavy atom. The molecule has 13 aromatic rings. The Morgan fingerprint density at radius 3 is 1.49 bits per heavy atom. The predicted molar refractivity (Wildman–Crippen MR) is 271 cm³/mol. The molecule has 0 spiro atoms. The Morgan fingerprint density at radius 2 is 0.800 bits per heavy atom. The fourth-order valence-electron chi connectivity index (χ4n) is 9.86. The van der Waals surface area contributed by atoms with E-state index in [4.69, 9.17) is 15.0 Å². The van der Waals surface area contributed by atoms with Crippen LogP contribution >= 0.6 is 0 Å². The summed E-state index contributed by atoms with van der Waals surface area (Å²) < 4.78 is 2.53.